The van der Waals surface area contributed by atoms with E-state index in [-0.39, 0.29) is 5.78 Å². The highest BCUT2D eigenvalue weighted by Gasteiger charge is 2.04. The van der Waals surface area contributed by atoms with Crippen LogP contribution in [0.1, 0.15) is 49.0 Å². The third kappa shape index (κ3) is 4.42. The molecule has 21 heavy (non-hydrogen) atoms. The van der Waals surface area contributed by atoms with Crippen LogP contribution < -0.4 is 4.74 Å². The van der Waals surface area contributed by atoms with E-state index in [4.69, 9.17) is 4.74 Å². The number of Topliss-reactive ketones (excluding diaryl/α,β-unsaturated/α-hetero) is 1. The molecule has 3 heteroatoms. The van der Waals surface area contributed by atoms with Crippen LogP contribution in [-0.4, -0.2) is 10.8 Å². The number of carbonyl (C=O) groups excluding carboxylic acids is 1. The fourth-order valence-corrected chi connectivity index (χ4v) is 2.04. The first-order valence-corrected chi connectivity index (χ1v) is 7.49. The van der Waals surface area contributed by atoms with Crippen molar-refractivity contribution in [3.63, 3.8) is 0 Å². The summed E-state index contributed by atoms with van der Waals surface area (Å²) in [5.41, 5.74) is 1.95. The molecule has 0 saturated carbocycles. The predicted molar refractivity (Wildman–Crippen MR) is 84.0 cm³/mol. The number of ether oxygens (including phenoxy) is 1. The molecule has 2 rings (SSSR count). The van der Waals surface area contributed by atoms with Gasteiger partial charge < -0.3 is 4.74 Å². The van der Waals surface area contributed by atoms with Crippen molar-refractivity contribution in [3.8, 4) is 11.6 Å². The number of nitrogens with zero attached hydrogens (tertiary/aromatic N) is 1. The van der Waals surface area contributed by atoms with Crippen LogP contribution in [0.25, 0.3) is 0 Å². The van der Waals surface area contributed by atoms with Gasteiger partial charge in [0, 0.05) is 24.2 Å². The molecular weight excluding hydrogens is 262 g/mol. The van der Waals surface area contributed by atoms with Gasteiger partial charge in [0.25, 0.3) is 0 Å². The van der Waals surface area contributed by atoms with Gasteiger partial charge >= 0.3 is 0 Å². The summed E-state index contributed by atoms with van der Waals surface area (Å²) in [6, 6.07) is 11.6. The van der Waals surface area contributed by atoms with E-state index < -0.39 is 0 Å². The smallest absolute Gasteiger partial charge is 0.219 e. The number of ketones is 1. The summed E-state index contributed by atoms with van der Waals surface area (Å²) in [7, 11) is 0. The summed E-state index contributed by atoms with van der Waals surface area (Å²) < 4.78 is 5.68. The Morgan fingerprint density at radius 1 is 1.10 bits per heavy atom. The molecule has 110 valence electrons. The lowest BCUT2D eigenvalue weighted by atomic mass is 10.1. The van der Waals surface area contributed by atoms with Crippen LogP contribution in [0, 0.1) is 0 Å². The first-order chi connectivity index (χ1) is 10.2. The summed E-state index contributed by atoms with van der Waals surface area (Å²) in [5, 5.41) is 0. The van der Waals surface area contributed by atoms with Crippen molar-refractivity contribution in [2.75, 3.05) is 0 Å². The first-order valence-electron chi connectivity index (χ1n) is 7.49. The van der Waals surface area contributed by atoms with E-state index in [0.29, 0.717) is 17.9 Å². The van der Waals surface area contributed by atoms with Crippen LogP contribution in [0.15, 0.2) is 42.6 Å². The van der Waals surface area contributed by atoms with Crippen molar-refractivity contribution >= 4 is 5.78 Å². The van der Waals surface area contributed by atoms with Crippen molar-refractivity contribution in [1.82, 2.24) is 4.98 Å². The molecule has 1 aromatic carbocycles. The van der Waals surface area contributed by atoms with Gasteiger partial charge in [-0.3, -0.25) is 4.79 Å². The standard InChI is InChI=1S/C18H21NO2/c1-3-5-6-14-7-10-16(11-8-14)21-18-12-9-15(13-19-18)17(20)4-2/h7-13H,3-6H2,1-2H3. The molecule has 0 atom stereocenters. The number of benzene rings is 1. The van der Waals surface area contributed by atoms with E-state index in [0.717, 1.165) is 12.2 Å². The van der Waals surface area contributed by atoms with Gasteiger partial charge in [0.2, 0.25) is 5.88 Å². The zero-order valence-electron chi connectivity index (χ0n) is 12.6. The normalized spacial score (nSPS) is 10.4. The molecule has 0 bridgehead atoms. The molecule has 0 N–H and O–H groups in total. The second kappa shape index (κ2) is 7.58. The van der Waals surface area contributed by atoms with Crippen molar-refractivity contribution in [2.24, 2.45) is 0 Å². The molecule has 0 unspecified atom stereocenters. The highest BCUT2D eigenvalue weighted by Crippen LogP contribution is 2.20. The monoisotopic (exact) mass is 283 g/mol. The third-order valence-electron chi connectivity index (χ3n) is 3.34. The van der Waals surface area contributed by atoms with Crippen molar-refractivity contribution in [3.05, 3.63) is 53.7 Å². The van der Waals surface area contributed by atoms with Gasteiger partial charge in [-0.15, -0.1) is 0 Å². The van der Waals surface area contributed by atoms with E-state index in [2.05, 4.69) is 24.0 Å². The maximum absolute atomic E-state index is 11.5. The highest BCUT2D eigenvalue weighted by atomic mass is 16.5. The van der Waals surface area contributed by atoms with Crippen LogP contribution in [-0.2, 0) is 6.42 Å². The van der Waals surface area contributed by atoms with Gasteiger partial charge in [0.15, 0.2) is 5.78 Å². The minimum atomic E-state index is 0.0920. The summed E-state index contributed by atoms with van der Waals surface area (Å²) in [5.74, 6) is 1.36. The highest BCUT2D eigenvalue weighted by molar-refractivity contribution is 5.95. The van der Waals surface area contributed by atoms with Crippen LogP contribution in [0.5, 0.6) is 11.6 Å². The van der Waals surface area contributed by atoms with Gasteiger partial charge in [0.05, 0.1) is 0 Å². The average Bonchev–Trinajstić information content (AvgIpc) is 2.54. The Kier molecular flexibility index (Phi) is 5.50. The van der Waals surface area contributed by atoms with Gasteiger partial charge in [-0.25, -0.2) is 4.98 Å². The Morgan fingerprint density at radius 2 is 1.86 bits per heavy atom. The zero-order chi connectivity index (χ0) is 15.1. The second-order valence-electron chi connectivity index (χ2n) is 5.01. The van der Waals surface area contributed by atoms with Gasteiger partial charge in [-0.2, -0.15) is 0 Å². The average molecular weight is 283 g/mol. The van der Waals surface area contributed by atoms with E-state index in [9.17, 15) is 4.79 Å². The van der Waals surface area contributed by atoms with Crippen LogP contribution in [0.4, 0.5) is 0 Å². The number of aryl methyl sites for hydroxylation is 1. The fraction of sp³-hybridized carbons (Fsp3) is 0.333. The quantitative estimate of drug-likeness (QED) is 0.684. The molecular formula is C18H21NO2. The number of rotatable bonds is 7. The van der Waals surface area contributed by atoms with Crippen molar-refractivity contribution in [2.45, 2.75) is 39.5 Å². The lowest BCUT2D eigenvalue weighted by Gasteiger charge is -2.06. The molecule has 3 nitrogen and oxygen atoms in total. The Bertz CT molecular complexity index is 573. The molecule has 0 aliphatic rings. The Morgan fingerprint density at radius 3 is 2.43 bits per heavy atom. The number of pyridine rings is 1. The minimum Gasteiger partial charge on any atom is -0.439 e. The van der Waals surface area contributed by atoms with Crippen LogP contribution in [0.2, 0.25) is 0 Å². The topological polar surface area (TPSA) is 39.2 Å². The van der Waals surface area contributed by atoms with Crippen LogP contribution in [0.3, 0.4) is 0 Å². The largest absolute Gasteiger partial charge is 0.439 e. The fourth-order valence-electron chi connectivity index (χ4n) is 2.04. The lowest BCUT2D eigenvalue weighted by Crippen LogP contribution is -1.97. The Balaban J connectivity index is 1.99. The zero-order valence-corrected chi connectivity index (χ0v) is 12.6. The van der Waals surface area contributed by atoms with Gasteiger partial charge in [0.1, 0.15) is 5.75 Å². The Labute approximate surface area is 126 Å². The molecule has 0 radical (unpaired) electrons. The van der Waals surface area contributed by atoms with E-state index in [1.807, 2.05) is 19.1 Å². The van der Waals surface area contributed by atoms with Crippen LogP contribution >= 0.6 is 0 Å². The molecule has 0 aliphatic heterocycles. The summed E-state index contributed by atoms with van der Waals surface area (Å²) in [6.07, 6.45) is 5.56. The molecule has 1 heterocycles. The number of carbonyl (C=O) groups is 1. The van der Waals surface area contributed by atoms with Gasteiger partial charge in [-0.05, 0) is 36.6 Å². The SMILES string of the molecule is CCCCc1ccc(Oc2ccc(C(=O)CC)cn2)cc1. The van der Waals surface area contributed by atoms with Gasteiger partial charge in [-0.1, -0.05) is 32.4 Å². The molecule has 0 spiro atoms. The molecule has 0 fully saturated rings. The number of unbranched alkanes of at least 4 members (excludes halogenated alkanes) is 1. The van der Waals surface area contributed by atoms with E-state index in [1.165, 1.54) is 18.4 Å². The minimum absolute atomic E-state index is 0.0920. The molecule has 2 aromatic rings. The molecule has 1 aromatic heterocycles. The Hall–Kier alpha value is -2.16. The summed E-state index contributed by atoms with van der Waals surface area (Å²) >= 11 is 0. The maximum atomic E-state index is 11.5. The summed E-state index contributed by atoms with van der Waals surface area (Å²) in [4.78, 5) is 15.7. The van der Waals surface area contributed by atoms with E-state index in [1.54, 1.807) is 18.3 Å². The maximum Gasteiger partial charge on any atom is 0.219 e. The lowest BCUT2D eigenvalue weighted by molar-refractivity contribution is 0.0988. The number of hydrogen-bond donors (Lipinski definition) is 0. The van der Waals surface area contributed by atoms with Crippen molar-refractivity contribution < 1.29 is 9.53 Å². The molecule has 0 saturated heterocycles. The molecule has 0 aliphatic carbocycles. The second-order valence-corrected chi connectivity index (χ2v) is 5.01. The number of hydrogen-bond acceptors (Lipinski definition) is 3. The predicted octanol–water partition coefficient (Wildman–Crippen LogP) is 4.81. The number of aromatic nitrogens is 1. The summed E-state index contributed by atoms with van der Waals surface area (Å²) in [6.45, 7) is 4.03. The molecule has 0 amide bonds. The van der Waals surface area contributed by atoms with Crippen molar-refractivity contribution in [1.29, 1.82) is 0 Å². The third-order valence-corrected chi connectivity index (χ3v) is 3.34. The first kappa shape index (κ1) is 15.2. The van der Waals surface area contributed by atoms with E-state index >= 15 is 0 Å².